The van der Waals surface area contributed by atoms with Crippen LogP contribution in [-0.2, 0) is 0 Å². The van der Waals surface area contributed by atoms with E-state index in [-0.39, 0.29) is 17.7 Å². The van der Waals surface area contributed by atoms with Crippen LogP contribution in [0.15, 0.2) is 36.6 Å². The molecule has 0 aromatic carbocycles. The number of hydrogen-bond donors (Lipinski definition) is 2. The summed E-state index contributed by atoms with van der Waals surface area (Å²) >= 11 is 0. The minimum absolute atomic E-state index is 0.0649. The van der Waals surface area contributed by atoms with Crippen molar-refractivity contribution < 1.29 is 10.2 Å². The summed E-state index contributed by atoms with van der Waals surface area (Å²) in [5.74, 6) is -0.132. The van der Waals surface area contributed by atoms with Gasteiger partial charge in [0, 0.05) is 12.3 Å². The molecule has 1 unspecified atom stereocenters. The van der Waals surface area contributed by atoms with E-state index in [1.807, 2.05) is 24.3 Å². The molecule has 0 bridgehead atoms. The number of hydrogen-bond acceptors (Lipinski definition) is 2. The molecule has 2 N–H and O–H groups in total. The first kappa shape index (κ1) is 7.98. The van der Waals surface area contributed by atoms with Crippen LogP contribution in [0.2, 0.25) is 0 Å². The Hall–Kier alpha value is -1.64. The predicted molar refractivity (Wildman–Crippen MR) is 49.7 cm³/mol. The van der Waals surface area contributed by atoms with Crippen LogP contribution in [0.3, 0.4) is 0 Å². The normalized spacial score (nSPS) is 20.8. The zero-order valence-electron chi connectivity index (χ0n) is 7.09. The van der Waals surface area contributed by atoms with Gasteiger partial charge in [-0.15, -0.1) is 0 Å². The molecule has 0 fully saturated rings. The maximum Gasteiger partial charge on any atom is 0.235 e. The summed E-state index contributed by atoms with van der Waals surface area (Å²) in [6, 6.07) is 1.60. The third kappa shape index (κ3) is 1.33. The fourth-order valence-corrected chi connectivity index (χ4v) is 1.47. The molecular weight excluding hydrogens is 166 g/mol. The van der Waals surface area contributed by atoms with Crippen LogP contribution < -0.4 is 0 Å². The lowest BCUT2D eigenvalue weighted by Gasteiger charge is -2.15. The Labute approximate surface area is 76.2 Å². The molecular formula is C10H11NO2. The van der Waals surface area contributed by atoms with Crippen molar-refractivity contribution in [3.8, 4) is 11.6 Å². The predicted octanol–water partition coefficient (Wildman–Crippen LogP) is 1.96. The SMILES string of the molecule is Oc1ccn(C2C=CC=CC2)c1O. The van der Waals surface area contributed by atoms with Gasteiger partial charge in [0.05, 0.1) is 6.04 Å². The van der Waals surface area contributed by atoms with Gasteiger partial charge in [-0.25, -0.2) is 0 Å². The topological polar surface area (TPSA) is 45.4 Å². The van der Waals surface area contributed by atoms with Crippen molar-refractivity contribution >= 4 is 0 Å². The summed E-state index contributed by atoms with van der Waals surface area (Å²) < 4.78 is 1.65. The van der Waals surface area contributed by atoms with E-state index in [1.165, 1.54) is 6.07 Å². The largest absolute Gasteiger partial charge is 0.503 e. The minimum Gasteiger partial charge on any atom is -0.503 e. The molecule has 0 saturated heterocycles. The lowest BCUT2D eigenvalue weighted by atomic mass is 10.1. The molecule has 0 aliphatic heterocycles. The fourth-order valence-electron chi connectivity index (χ4n) is 1.47. The number of nitrogens with zero attached hydrogens (tertiary/aromatic N) is 1. The van der Waals surface area contributed by atoms with E-state index < -0.39 is 0 Å². The Kier molecular flexibility index (Phi) is 1.85. The molecule has 3 heteroatoms. The van der Waals surface area contributed by atoms with E-state index >= 15 is 0 Å². The van der Waals surface area contributed by atoms with Crippen LogP contribution in [0.4, 0.5) is 0 Å². The molecule has 68 valence electrons. The lowest BCUT2D eigenvalue weighted by Crippen LogP contribution is -2.04. The molecule has 13 heavy (non-hydrogen) atoms. The highest BCUT2D eigenvalue weighted by molar-refractivity contribution is 5.34. The summed E-state index contributed by atoms with van der Waals surface area (Å²) in [6.45, 7) is 0. The Bertz CT molecular complexity index is 363. The van der Waals surface area contributed by atoms with Crippen LogP contribution in [0.1, 0.15) is 12.5 Å². The van der Waals surface area contributed by atoms with Gasteiger partial charge >= 0.3 is 0 Å². The van der Waals surface area contributed by atoms with E-state index in [0.717, 1.165) is 6.42 Å². The van der Waals surface area contributed by atoms with Gasteiger partial charge in [-0.1, -0.05) is 24.3 Å². The zero-order chi connectivity index (χ0) is 9.26. The number of aromatic nitrogens is 1. The van der Waals surface area contributed by atoms with E-state index in [0.29, 0.717) is 0 Å². The van der Waals surface area contributed by atoms with Gasteiger partial charge in [0.15, 0.2) is 5.75 Å². The summed E-state index contributed by atoms with van der Waals surface area (Å²) in [5.41, 5.74) is 0. The molecule has 1 heterocycles. The second-order valence-corrected chi connectivity index (χ2v) is 3.05. The van der Waals surface area contributed by atoms with Gasteiger partial charge in [0.25, 0.3) is 0 Å². The van der Waals surface area contributed by atoms with Crippen molar-refractivity contribution in [2.24, 2.45) is 0 Å². The number of rotatable bonds is 1. The van der Waals surface area contributed by atoms with E-state index in [1.54, 1.807) is 10.8 Å². The summed E-state index contributed by atoms with van der Waals surface area (Å²) in [6.07, 6.45) is 10.4. The number of allylic oxidation sites excluding steroid dienone is 4. The van der Waals surface area contributed by atoms with E-state index in [9.17, 15) is 5.11 Å². The highest BCUT2D eigenvalue weighted by Crippen LogP contribution is 2.31. The highest BCUT2D eigenvalue weighted by atomic mass is 16.3. The van der Waals surface area contributed by atoms with Crippen molar-refractivity contribution in [2.45, 2.75) is 12.5 Å². The van der Waals surface area contributed by atoms with Crippen LogP contribution in [0.25, 0.3) is 0 Å². The standard InChI is InChI=1S/C10H11NO2/c12-9-6-7-11(10(9)13)8-4-2-1-3-5-8/h1-4,6-8,12-13H,5H2. The minimum atomic E-state index is -0.0667. The first-order valence-corrected chi connectivity index (χ1v) is 4.21. The van der Waals surface area contributed by atoms with Crippen molar-refractivity contribution in [1.82, 2.24) is 4.57 Å². The first-order chi connectivity index (χ1) is 6.29. The summed E-state index contributed by atoms with van der Waals surface area (Å²) in [4.78, 5) is 0. The lowest BCUT2D eigenvalue weighted by molar-refractivity contribution is 0.363. The van der Waals surface area contributed by atoms with Crippen molar-refractivity contribution in [3.63, 3.8) is 0 Å². The Morgan fingerprint density at radius 2 is 2.15 bits per heavy atom. The molecule has 3 nitrogen and oxygen atoms in total. The number of aromatic hydroxyl groups is 2. The second-order valence-electron chi connectivity index (χ2n) is 3.05. The maximum absolute atomic E-state index is 9.44. The smallest absolute Gasteiger partial charge is 0.235 e. The van der Waals surface area contributed by atoms with Crippen molar-refractivity contribution in [2.75, 3.05) is 0 Å². The quantitative estimate of drug-likeness (QED) is 0.688. The maximum atomic E-state index is 9.44. The van der Waals surface area contributed by atoms with Gasteiger partial charge in [-0.2, -0.15) is 0 Å². The van der Waals surface area contributed by atoms with Gasteiger partial charge < -0.3 is 14.8 Å². The first-order valence-electron chi connectivity index (χ1n) is 4.21. The third-order valence-corrected chi connectivity index (χ3v) is 2.18. The molecule has 1 aliphatic carbocycles. The second kappa shape index (κ2) is 3.01. The summed E-state index contributed by atoms with van der Waals surface area (Å²) in [5, 5.41) is 18.6. The van der Waals surface area contributed by atoms with Crippen LogP contribution >= 0.6 is 0 Å². The molecule has 0 saturated carbocycles. The third-order valence-electron chi connectivity index (χ3n) is 2.18. The van der Waals surface area contributed by atoms with Crippen LogP contribution in [0, 0.1) is 0 Å². The average molecular weight is 177 g/mol. The molecule has 0 spiro atoms. The molecule has 0 amide bonds. The van der Waals surface area contributed by atoms with Gasteiger partial charge in [0.1, 0.15) is 0 Å². The van der Waals surface area contributed by atoms with E-state index in [2.05, 4.69) is 0 Å². The highest BCUT2D eigenvalue weighted by Gasteiger charge is 2.13. The Morgan fingerprint density at radius 3 is 2.69 bits per heavy atom. The molecule has 0 radical (unpaired) electrons. The Balaban J connectivity index is 2.30. The van der Waals surface area contributed by atoms with Crippen molar-refractivity contribution in [3.05, 3.63) is 36.6 Å². The molecule has 1 aliphatic rings. The van der Waals surface area contributed by atoms with Crippen molar-refractivity contribution in [1.29, 1.82) is 0 Å². The average Bonchev–Trinajstić information content (AvgIpc) is 2.49. The Morgan fingerprint density at radius 1 is 1.31 bits per heavy atom. The monoisotopic (exact) mass is 177 g/mol. The molecule has 1 aromatic rings. The van der Waals surface area contributed by atoms with Crippen LogP contribution in [0.5, 0.6) is 11.6 Å². The molecule has 1 aromatic heterocycles. The zero-order valence-corrected chi connectivity index (χ0v) is 7.09. The van der Waals surface area contributed by atoms with Gasteiger partial charge in [-0.3, -0.25) is 0 Å². The van der Waals surface area contributed by atoms with E-state index in [4.69, 9.17) is 5.11 Å². The molecule has 1 atom stereocenters. The summed E-state index contributed by atoms with van der Waals surface area (Å²) in [7, 11) is 0. The fraction of sp³-hybridized carbons (Fsp3) is 0.200. The molecule has 2 rings (SSSR count). The van der Waals surface area contributed by atoms with Gasteiger partial charge in [-0.05, 0) is 6.42 Å². The van der Waals surface area contributed by atoms with Crippen LogP contribution in [-0.4, -0.2) is 14.8 Å². The van der Waals surface area contributed by atoms with Gasteiger partial charge in [0.2, 0.25) is 5.88 Å².